The van der Waals surface area contributed by atoms with E-state index >= 15 is 0 Å². The second-order valence-electron chi connectivity index (χ2n) is 21.8. The first-order chi connectivity index (χ1) is 32.2. The van der Waals surface area contributed by atoms with Gasteiger partial charge < -0.3 is 45.9 Å². The number of unbranched alkanes of at least 4 members (excludes halogenated alkanes) is 1. The van der Waals surface area contributed by atoms with Gasteiger partial charge in [-0.3, -0.25) is 19.2 Å². The highest BCUT2D eigenvalue weighted by atomic mass is 16.6. The Morgan fingerprint density at radius 1 is 0.618 bits per heavy atom. The Kier molecular flexibility index (Phi) is 19.7. The molecule has 4 atom stereocenters. The third-order valence-corrected chi connectivity index (χ3v) is 13.1. The van der Waals surface area contributed by atoms with Gasteiger partial charge in [0.1, 0.15) is 35.4 Å². The van der Waals surface area contributed by atoms with E-state index in [1.54, 1.807) is 41.5 Å². The molecule has 2 heterocycles. The van der Waals surface area contributed by atoms with Crippen molar-refractivity contribution < 1.29 is 38.2 Å². The number of piperidine rings is 2. The number of nitrogens with zero attached hydrogens (tertiary/aromatic N) is 2. The summed E-state index contributed by atoms with van der Waals surface area (Å²) >= 11 is 0. The molecule has 0 aromatic heterocycles. The van der Waals surface area contributed by atoms with Crippen molar-refractivity contribution in [2.24, 2.45) is 11.3 Å². The van der Waals surface area contributed by atoms with Crippen molar-refractivity contribution in [1.82, 2.24) is 36.4 Å². The predicted octanol–water partition coefficient (Wildman–Crippen LogP) is 6.82. The van der Waals surface area contributed by atoms with Crippen molar-refractivity contribution in [2.75, 3.05) is 32.7 Å². The Labute approximate surface area is 405 Å². The van der Waals surface area contributed by atoms with Gasteiger partial charge in [-0.05, 0) is 141 Å². The number of nitrogens with one attached hydrogen (secondary N) is 5. The van der Waals surface area contributed by atoms with Crippen LogP contribution in [0.3, 0.4) is 0 Å². The lowest BCUT2D eigenvalue weighted by atomic mass is 9.60. The second kappa shape index (κ2) is 24.9. The lowest BCUT2D eigenvalue weighted by molar-refractivity contribution is -0.141. The molecule has 3 fully saturated rings. The van der Waals surface area contributed by atoms with Gasteiger partial charge in [-0.25, -0.2) is 9.59 Å². The van der Waals surface area contributed by atoms with Crippen LogP contribution in [-0.4, -0.2) is 120 Å². The monoisotopic (exact) mass is 944 g/mol. The van der Waals surface area contributed by atoms with Gasteiger partial charge in [-0.15, -0.1) is 0 Å². The fraction of sp³-hybridized carbons (Fsp3) is 0.660. The van der Waals surface area contributed by atoms with Gasteiger partial charge in [0.25, 0.3) is 0 Å². The number of rotatable bonds is 20. The molecule has 0 radical (unpaired) electrons. The minimum absolute atomic E-state index is 0.0240. The molecule has 15 nitrogen and oxygen atoms in total. The van der Waals surface area contributed by atoms with Gasteiger partial charge >= 0.3 is 12.2 Å². The summed E-state index contributed by atoms with van der Waals surface area (Å²) in [5, 5.41) is 14.4. The van der Waals surface area contributed by atoms with Crippen LogP contribution >= 0.6 is 0 Å². The van der Waals surface area contributed by atoms with Gasteiger partial charge in [-0.2, -0.15) is 0 Å². The topological polar surface area (TPSA) is 188 Å². The van der Waals surface area contributed by atoms with E-state index in [1.165, 1.54) is 45.2 Å². The molecular weight excluding hydrogens is 863 g/mol. The first kappa shape index (κ1) is 53.8. The number of carbonyl (C=O) groups excluding carboxylic acids is 6. The number of alkyl carbamates (subject to hydrolysis) is 2. The smallest absolute Gasteiger partial charge is 0.408 e. The normalized spacial score (nSPS) is 18.3. The fourth-order valence-corrected chi connectivity index (χ4v) is 9.63. The van der Waals surface area contributed by atoms with Crippen LogP contribution < -0.4 is 26.6 Å². The minimum Gasteiger partial charge on any atom is -0.444 e. The summed E-state index contributed by atoms with van der Waals surface area (Å²) < 4.78 is 10.9. The van der Waals surface area contributed by atoms with Crippen LogP contribution in [0.2, 0.25) is 0 Å². The Bertz CT molecular complexity index is 1950. The molecule has 4 unspecified atom stereocenters. The summed E-state index contributed by atoms with van der Waals surface area (Å²) in [5.74, 6) is -1.85. The van der Waals surface area contributed by atoms with Crippen molar-refractivity contribution >= 4 is 35.8 Å². The molecule has 2 saturated heterocycles. The van der Waals surface area contributed by atoms with Crippen LogP contribution in [0.25, 0.3) is 0 Å². The summed E-state index contributed by atoms with van der Waals surface area (Å²) in [4.78, 5) is 87.6. The predicted molar refractivity (Wildman–Crippen MR) is 263 cm³/mol. The largest absolute Gasteiger partial charge is 0.444 e. The first-order valence-corrected chi connectivity index (χ1v) is 25.2. The number of carbonyl (C=O) groups is 6. The molecule has 6 amide bonds. The molecule has 3 aliphatic rings. The number of hydrogen-bond donors (Lipinski definition) is 5. The Hall–Kier alpha value is -5.18. The van der Waals surface area contributed by atoms with E-state index in [4.69, 9.17) is 9.47 Å². The number of amides is 6. The van der Waals surface area contributed by atoms with Gasteiger partial charge in [0.05, 0.1) is 0 Å². The highest BCUT2D eigenvalue weighted by molar-refractivity contribution is 5.95. The van der Waals surface area contributed by atoms with Gasteiger partial charge in [0.2, 0.25) is 23.6 Å². The maximum Gasteiger partial charge on any atom is 0.408 e. The van der Waals surface area contributed by atoms with Gasteiger partial charge in [-0.1, -0.05) is 80.9 Å². The Morgan fingerprint density at radius 2 is 1.10 bits per heavy atom. The molecule has 2 aromatic carbocycles. The van der Waals surface area contributed by atoms with E-state index < -0.39 is 65.3 Å². The molecule has 5 rings (SSSR count). The van der Waals surface area contributed by atoms with E-state index in [0.717, 1.165) is 24.0 Å². The van der Waals surface area contributed by atoms with Crippen molar-refractivity contribution in [1.29, 1.82) is 0 Å². The van der Waals surface area contributed by atoms with Crippen LogP contribution in [0.5, 0.6) is 0 Å². The third-order valence-electron chi connectivity index (χ3n) is 13.1. The average molecular weight is 944 g/mol. The number of likely N-dealkylation sites (tertiary alicyclic amines) is 2. The molecule has 2 aromatic rings. The maximum absolute atomic E-state index is 14.5. The standard InChI is InChI=1S/C53H81N7O8/c1-37(2)32-42(56-46(62)43(33-38-20-12-9-13-21-38)57-47(63)44(34-39-22-14-10-15-23-39)58-50(66)68-52(6,7)8)45(61)55-41(24-16-17-27-54-49(65)67-51(3,4)5)48(64)60-30-25-53(26-31-60)35-40(36-53)59-28-18-11-19-29-59/h9-10,12-15,20-23,37,40-44H,11,16-19,24-36H2,1-8H3,(H,54,65)(H,55,61)(H,56,62)(H,57,63)(H,58,66). The van der Waals surface area contributed by atoms with Crippen molar-refractivity contribution in [3.8, 4) is 0 Å². The van der Waals surface area contributed by atoms with Crippen LogP contribution in [-0.2, 0) is 41.5 Å². The maximum atomic E-state index is 14.5. The molecule has 1 saturated carbocycles. The quantitative estimate of drug-likeness (QED) is 0.0889. The van der Waals surface area contributed by atoms with Gasteiger partial charge in [0.15, 0.2) is 0 Å². The van der Waals surface area contributed by atoms with E-state index in [1.807, 2.05) is 79.4 Å². The van der Waals surface area contributed by atoms with Crippen LogP contribution in [0, 0.1) is 11.3 Å². The number of ether oxygens (including phenoxy) is 2. The number of benzene rings is 2. The first-order valence-electron chi connectivity index (χ1n) is 25.2. The fourth-order valence-electron chi connectivity index (χ4n) is 9.63. The molecule has 2 aliphatic heterocycles. The van der Waals surface area contributed by atoms with Crippen LogP contribution in [0.15, 0.2) is 60.7 Å². The van der Waals surface area contributed by atoms with Crippen molar-refractivity contribution in [2.45, 2.75) is 180 Å². The molecule has 15 heteroatoms. The van der Waals surface area contributed by atoms with Crippen LogP contribution in [0.4, 0.5) is 9.59 Å². The highest BCUT2D eigenvalue weighted by Crippen LogP contribution is 2.51. The van der Waals surface area contributed by atoms with E-state index in [2.05, 4.69) is 31.5 Å². The molecule has 0 bridgehead atoms. The summed E-state index contributed by atoms with van der Waals surface area (Å²) in [7, 11) is 0. The average Bonchev–Trinajstić information content (AvgIpc) is 3.26. The lowest BCUT2D eigenvalue weighted by Gasteiger charge is -2.56. The Balaban J connectivity index is 1.30. The van der Waals surface area contributed by atoms with Crippen LogP contribution in [0.1, 0.15) is 137 Å². The Morgan fingerprint density at radius 3 is 1.63 bits per heavy atom. The summed E-state index contributed by atoms with van der Waals surface area (Å²) in [5.41, 5.74) is 0.378. The molecule has 1 aliphatic carbocycles. The third kappa shape index (κ3) is 17.7. The van der Waals surface area contributed by atoms with Crippen molar-refractivity contribution in [3.63, 3.8) is 0 Å². The summed E-state index contributed by atoms with van der Waals surface area (Å²) in [6.07, 6.45) is 8.72. The van der Waals surface area contributed by atoms with E-state index in [9.17, 15) is 28.8 Å². The minimum atomic E-state index is -1.14. The highest BCUT2D eigenvalue weighted by Gasteiger charge is 2.48. The van der Waals surface area contributed by atoms with E-state index in [0.29, 0.717) is 44.9 Å². The molecule has 376 valence electrons. The molecule has 68 heavy (non-hydrogen) atoms. The summed E-state index contributed by atoms with van der Waals surface area (Å²) in [6, 6.07) is 15.0. The zero-order chi connectivity index (χ0) is 49.5. The van der Waals surface area contributed by atoms with Crippen molar-refractivity contribution in [3.05, 3.63) is 71.8 Å². The molecular formula is C53H81N7O8. The molecule has 5 N–H and O–H groups in total. The van der Waals surface area contributed by atoms with Gasteiger partial charge in [0, 0.05) is 38.5 Å². The SMILES string of the molecule is CC(C)CC(NC(=O)C(Cc1ccccc1)NC(=O)C(Cc1ccccc1)NC(=O)OC(C)(C)C)C(=O)NC(CCCCNC(=O)OC(C)(C)C)C(=O)N1CCC2(CC1)CC(N1CCCCC1)C2. The van der Waals surface area contributed by atoms with E-state index in [-0.39, 0.29) is 36.5 Å². The summed E-state index contributed by atoms with van der Waals surface area (Å²) in [6.45, 7) is 18.5. The molecule has 1 spiro atoms. The second-order valence-corrected chi connectivity index (χ2v) is 21.8. The lowest BCUT2D eigenvalue weighted by Crippen LogP contribution is -2.60. The zero-order valence-corrected chi connectivity index (χ0v) is 42.1. The number of hydrogen-bond acceptors (Lipinski definition) is 9. The zero-order valence-electron chi connectivity index (χ0n) is 42.1.